The third-order valence-corrected chi connectivity index (χ3v) is 2.03. The fourth-order valence-electron chi connectivity index (χ4n) is 1.06. The summed E-state index contributed by atoms with van der Waals surface area (Å²) in [6.07, 6.45) is 3.97. The fraction of sp³-hybridized carbons (Fsp3) is 1.00. The van der Waals surface area contributed by atoms with Crippen molar-refractivity contribution in [1.82, 2.24) is 0 Å². The molecule has 64 valence electrons. The van der Waals surface area contributed by atoms with E-state index in [9.17, 15) is 0 Å². The molecule has 0 radical (unpaired) electrons. The molecule has 1 atom stereocenters. The second-order valence-electron chi connectivity index (χ2n) is 2.59. The second kappa shape index (κ2) is 6.23. The lowest BCUT2D eigenvalue weighted by Gasteiger charge is -2.30. The predicted molar refractivity (Wildman–Crippen MR) is 48.9 cm³/mol. The minimum absolute atomic E-state index is 0. The van der Waals surface area contributed by atoms with E-state index in [0.29, 0.717) is 6.54 Å². The maximum absolute atomic E-state index is 5.65. The summed E-state index contributed by atoms with van der Waals surface area (Å²) in [6, 6.07) is 0.281. The molecule has 0 aromatic carbocycles. The summed E-state index contributed by atoms with van der Waals surface area (Å²) in [6.45, 7) is 0.657. The van der Waals surface area contributed by atoms with Crippen molar-refractivity contribution >= 4 is 24.8 Å². The summed E-state index contributed by atoms with van der Waals surface area (Å²) in [5.74, 6) is 0.750. The molecule has 1 fully saturated rings. The number of rotatable bonds is 2. The van der Waals surface area contributed by atoms with Crippen LogP contribution in [0.5, 0.6) is 0 Å². The van der Waals surface area contributed by atoms with E-state index in [1.54, 1.807) is 0 Å². The van der Waals surface area contributed by atoms with Crippen LogP contribution >= 0.6 is 24.8 Å². The molecule has 1 aliphatic carbocycles. The molecule has 1 unspecified atom stereocenters. The van der Waals surface area contributed by atoms with Crippen molar-refractivity contribution < 1.29 is 0 Å². The van der Waals surface area contributed by atoms with Gasteiger partial charge in [-0.2, -0.15) is 0 Å². The second-order valence-corrected chi connectivity index (χ2v) is 2.59. The minimum atomic E-state index is 0. The maximum Gasteiger partial charge on any atom is 0.0191 e. The van der Waals surface area contributed by atoms with Gasteiger partial charge < -0.3 is 11.5 Å². The quantitative estimate of drug-likeness (QED) is 0.675. The van der Waals surface area contributed by atoms with Gasteiger partial charge in [-0.3, -0.25) is 0 Å². The monoisotopic (exact) mass is 186 g/mol. The van der Waals surface area contributed by atoms with Gasteiger partial charge in [0.2, 0.25) is 0 Å². The van der Waals surface area contributed by atoms with Crippen molar-refractivity contribution in [2.75, 3.05) is 6.54 Å². The molecule has 0 spiro atoms. The third kappa shape index (κ3) is 3.06. The SMILES string of the molecule is Cl.Cl.NCC(N)C1CCC1. The van der Waals surface area contributed by atoms with Crippen molar-refractivity contribution in [1.29, 1.82) is 0 Å². The smallest absolute Gasteiger partial charge is 0.0191 e. The summed E-state index contributed by atoms with van der Waals surface area (Å²) < 4.78 is 0. The first-order valence-electron chi connectivity index (χ1n) is 3.30. The zero-order chi connectivity index (χ0) is 5.98. The Bertz CT molecular complexity index is 73.4. The molecule has 4 heteroatoms. The molecule has 2 nitrogen and oxygen atoms in total. The predicted octanol–water partition coefficient (Wildman–Crippen LogP) is 0.916. The molecular weight excluding hydrogens is 171 g/mol. The maximum atomic E-state index is 5.65. The van der Waals surface area contributed by atoms with Gasteiger partial charge >= 0.3 is 0 Å². The Morgan fingerprint density at radius 3 is 1.90 bits per heavy atom. The minimum Gasteiger partial charge on any atom is -0.329 e. The largest absolute Gasteiger partial charge is 0.329 e. The van der Waals surface area contributed by atoms with Crippen molar-refractivity contribution in [2.24, 2.45) is 17.4 Å². The third-order valence-electron chi connectivity index (χ3n) is 2.03. The van der Waals surface area contributed by atoms with E-state index >= 15 is 0 Å². The van der Waals surface area contributed by atoms with Crippen molar-refractivity contribution in [3.8, 4) is 0 Å². The van der Waals surface area contributed by atoms with Gasteiger partial charge in [-0.05, 0) is 18.8 Å². The molecule has 0 heterocycles. The normalized spacial score (nSPS) is 19.8. The molecule has 0 amide bonds. The van der Waals surface area contributed by atoms with E-state index in [1.165, 1.54) is 19.3 Å². The molecule has 0 saturated heterocycles. The highest BCUT2D eigenvalue weighted by Crippen LogP contribution is 2.27. The first kappa shape index (κ1) is 13.1. The highest BCUT2D eigenvalue weighted by Gasteiger charge is 2.22. The van der Waals surface area contributed by atoms with Gasteiger partial charge in [0.1, 0.15) is 0 Å². The highest BCUT2D eigenvalue weighted by molar-refractivity contribution is 5.85. The molecule has 4 N–H and O–H groups in total. The Kier molecular flexibility index (Phi) is 8.17. The van der Waals surface area contributed by atoms with E-state index in [-0.39, 0.29) is 30.9 Å². The molecule has 1 rings (SSSR count). The molecule has 0 aromatic heterocycles. The van der Waals surface area contributed by atoms with E-state index < -0.39 is 0 Å². The Morgan fingerprint density at radius 2 is 1.80 bits per heavy atom. The standard InChI is InChI=1S/C6H14N2.2ClH/c7-4-6(8)5-2-1-3-5;;/h5-6H,1-4,7-8H2;2*1H. The van der Waals surface area contributed by atoms with Crippen LogP contribution in [0.3, 0.4) is 0 Å². The summed E-state index contributed by atoms with van der Waals surface area (Å²) >= 11 is 0. The van der Waals surface area contributed by atoms with Gasteiger partial charge in [0.15, 0.2) is 0 Å². The summed E-state index contributed by atoms with van der Waals surface area (Å²) in [4.78, 5) is 0. The van der Waals surface area contributed by atoms with Crippen molar-refractivity contribution in [2.45, 2.75) is 25.3 Å². The van der Waals surface area contributed by atoms with E-state index in [2.05, 4.69) is 0 Å². The Hall–Kier alpha value is 0.500. The van der Waals surface area contributed by atoms with Gasteiger partial charge in [-0.1, -0.05) is 6.42 Å². The van der Waals surface area contributed by atoms with Crippen molar-refractivity contribution in [3.05, 3.63) is 0 Å². The van der Waals surface area contributed by atoms with Crippen LogP contribution in [0, 0.1) is 5.92 Å². The van der Waals surface area contributed by atoms with E-state index in [0.717, 1.165) is 5.92 Å². The van der Waals surface area contributed by atoms with Gasteiger partial charge in [0, 0.05) is 12.6 Å². The molecule has 1 saturated carbocycles. The van der Waals surface area contributed by atoms with Crippen LogP contribution < -0.4 is 11.5 Å². The van der Waals surface area contributed by atoms with E-state index in [4.69, 9.17) is 11.5 Å². The Morgan fingerprint density at radius 1 is 1.30 bits per heavy atom. The van der Waals surface area contributed by atoms with Crippen LogP contribution in [0.1, 0.15) is 19.3 Å². The van der Waals surface area contributed by atoms with Crippen molar-refractivity contribution in [3.63, 3.8) is 0 Å². The van der Waals surface area contributed by atoms with Crippen LogP contribution in [0.25, 0.3) is 0 Å². The van der Waals surface area contributed by atoms with Crippen LogP contribution in [0.4, 0.5) is 0 Å². The zero-order valence-corrected chi connectivity index (χ0v) is 7.59. The molecule has 1 aliphatic rings. The van der Waals surface area contributed by atoms with Gasteiger partial charge in [-0.15, -0.1) is 24.8 Å². The number of hydrogen-bond acceptors (Lipinski definition) is 2. The average Bonchev–Trinajstić information content (AvgIpc) is 1.62. The first-order chi connectivity index (χ1) is 3.84. The molecule has 10 heavy (non-hydrogen) atoms. The Balaban J connectivity index is 0. The van der Waals surface area contributed by atoms with Crippen LogP contribution in [0.2, 0.25) is 0 Å². The van der Waals surface area contributed by atoms with Gasteiger partial charge in [0.05, 0.1) is 0 Å². The number of hydrogen-bond donors (Lipinski definition) is 2. The summed E-state index contributed by atoms with van der Waals surface area (Å²) in [7, 11) is 0. The van der Waals surface area contributed by atoms with Gasteiger partial charge in [0.25, 0.3) is 0 Å². The molecule has 0 aromatic rings. The Labute approximate surface area is 74.5 Å². The van der Waals surface area contributed by atoms with Crippen LogP contribution in [-0.4, -0.2) is 12.6 Å². The molecule has 0 bridgehead atoms. The first-order valence-corrected chi connectivity index (χ1v) is 3.30. The lowest BCUT2D eigenvalue weighted by atomic mass is 9.80. The molecule has 0 aliphatic heterocycles. The highest BCUT2D eigenvalue weighted by atomic mass is 35.5. The number of halogens is 2. The average molecular weight is 187 g/mol. The summed E-state index contributed by atoms with van der Waals surface area (Å²) in [5.41, 5.74) is 11.0. The molecular formula is C6H16Cl2N2. The van der Waals surface area contributed by atoms with Crippen LogP contribution in [0.15, 0.2) is 0 Å². The lowest BCUT2D eigenvalue weighted by Crippen LogP contribution is -2.40. The topological polar surface area (TPSA) is 52.0 Å². The number of nitrogens with two attached hydrogens (primary N) is 2. The van der Waals surface area contributed by atoms with Crippen LogP contribution in [-0.2, 0) is 0 Å². The fourth-order valence-corrected chi connectivity index (χ4v) is 1.06. The summed E-state index contributed by atoms with van der Waals surface area (Å²) in [5, 5.41) is 0. The lowest BCUT2D eigenvalue weighted by molar-refractivity contribution is 0.265. The van der Waals surface area contributed by atoms with E-state index in [1.807, 2.05) is 0 Å². The zero-order valence-electron chi connectivity index (χ0n) is 5.95. The van der Waals surface area contributed by atoms with Gasteiger partial charge in [-0.25, -0.2) is 0 Å².